The summed E-state index contributed by atoms with van der Waals surface area (Å²) in [5, 5.41) is 6.61. The molecule has 0 spiro atoms. The van der Waals surface area contributed by atoms with Crippen molar-refractivity contribution < 1.29 is 14.3 Å². The number of rotatable bonds is 5. The lowest BCUT2D eigenvalue weighted by molar-refractivity contribution is -0.116. The number of ether oxygens (including phenoxy) is 2. The maximum atomic E-state index is 12.0. The topological polar surface area (TPSA) is 72.5 Å². The lowest BCUT2D eigenvalue weighted by atomic mass is 9.91. The summed E-state index contributed by atoms with van der Waals surface area (Å²) in [6.45, 7) is 0.153. The van der Waals surface area contributed by atoms with Gasteiger partial charge in [0, 0.05) is 19.4 Å². The van der Waals surface area contributed by atoms with Crippen LogP contribution in [0, 0.1) is 12.3 Å². The highest BCUT2D eigenvalue weighted by Crippen LogP contribution is 2.43. The summed E-state index contributed by atoms with van der Waals surface area (Å²) in [5.41, 5.74) is 0.963. The molecular weight excluding hydrogens is 326 g/mol. The molecule has 6 nitrogen and oxygen atoms in total. The number of nitrogens with one attached hydrogen (secondary N) is 2. The zero-order valence-corrected chi connectivity index (χ0v) is 14.2. The zero-order chi connectivity index (χ0) is 17.1. The Bertz CT molecular complexity index is 810. The van der Waals surface area contributed by atoms with Gasteiger partial charge in [-0.3, -0.25) is 4.79 Å². The molecule has 1 aliphatic rings. The number of aromatic nitrogens is 1. The van der Waals surface area contributed by atoms with Crippen LogP contribution in [0.5, 0.6) is 11.5 Å². The highest BCUT2D eigenvalue weighted by atomic mass is 32.1. The van der Waals surface area contributed by atoms with Gasteiger partial charge in [-0.1, -0.05) is 23.3 Å². The standard InChI is InChI=1S/C17H17N3O3S/c1-4-7-23-13-8-10(5-6-12(13)22-3)11-9-14(21)19-16-15(11)24-17(18-2)20-16/h1,5-6,8,11H,7,9H2,2-3H3,(H,18,20)(H,19,21)/t11-/m0/s1. The molecule has 0 aliphatic carbocycles. The van der Waals surface area contributed by atoms with Crippen molar-refractivity contribution in [3.05, 3.63) is 28.6 Å². The lowest BCUT2D eigenvalue weighted by Crippen LogP contribution is -2.22. The summed E-state index contributed by atoms with van der Waals surface area (Å²) in [7, 11) is 3.38. The van der Waals surface area contributed by atoms with Gasteiger partial charge in [0.1, 0.15) is 12.4 Å². The molecular formula is C17H17N3O3S. The van der Waals surface area contributed by atoms with Crippen LogP contribution >= 0.6 is 11.3 Å². The molecule has 24 heavy (non-hydrogen) atoms. The SMILES string of the molecule is C#CCOc1cc([C@@H]2CC(=O)Nc3nc(NC)sc32)ccc1OC. The van der Waals surface area contributed by atoms with Gasteiger partial charge in [0.2, 0.25) is 5.91 Å². The van der Waals surface area contributed by atoms with Crippen molar-refractivity contribution in [3.63, 3.8) is 0 Å². The van der Waals surface area contributed by atoms with Gasteiger partial charge in [0.25, 0.3) is 0 Å². The summed E-state index contributed by atoms with van der Waals surface area (Å²) < 4.78 is 10.9. The number of amides is 1. The monoisotopic (exact) mass is 343 g/mol. The van der Waals surface area contributed by atoms with E-state index in [-0.39, 0.29) is 18.4 Å². The quantitative estimate of drug-likeness (QED) is 0.817. The van der Waals surface area contributed by atoms with Gasteiger partial charge in [-0.25, -0.2) is 4.98 Å². The molecule has 2 N–H and O–H groups in total. The first kappa shape index (κ1) is 16.1. The normalized spacial score (nSPS) is 15.9. The average Bonchev–Trinajstić information content (AvgIpc) is 3.01. The summed E-state index contributed by atoms with van der Waals surface area (Å²) in [5.74, 6) is 4.10. The maximum absolute atomic E-state index is 12.0. The Morgan fingerprint density at radius 1 is 1.50 bits per heavy atom. The molecule has 1 aromatic heterocycles. The van der Waals surface area contributed by atoms with Gasteiger partial charge in [0.15, 0.2) is 16.6 Å². The molecule has 1 aromatic carbocycles. The minimum atomic E-state index is -0.0764. The third-order valence-electron chi connectivity index (χ3n) is 3.73. The number of hydrogen-bond acceptors (Lipinski definition) is 6. The number of methoxy groups -OCH3 is 1. The first-order chi connectivity index (χ1) is 11.7. The van der Waals surface area contributed by atoms with E-state index in [1.54, 1.807) is 14.2 Å². The number of benzene rings is 1. The smallest absolute Gasteiger partial charge is 0.226 e. The molecule has 1 amide bonds. The molecule has 124 valence electrons. The molecule has 0 fully saturated rings. The number of fused-ring (bicyclic) bond motifs is 1. The van der Waals surface area contributed by atoms with Crippen molar-refractivity contribution in [1.82, 2.24) is 4.98 Å². The minimum absolute atomic E-state index is 0.0534. The van der Waals surface area contributed by atoms with Gasteiger partial charge in [-0.05, 0) is 17.7 Å². The molecule has 0 radical (unpaired) electrons. The molecule has 0 unspecified atom stereocenters. The largest absolute Gasteiger partial charge is 0.493 e. The van der Waals surface area contributed by atoms with Crippen LogP contribution in [0.15, 0.2) is 18.2 Å². The number of carbonyl (C=O) groups is 1. The molecule has 2 heterocycles. The van der Waals surface area contributed by atoms with Crippen LogP contribution in [0.2, 0.25) is 0 Å². The van der Waals surface area contributed by atoms with Crippen molar-refractivity contribution in [3.8, 4) is 23.8 Å². The van der Waals surface area contributed by atoms with E-state index in [0.717, 1.165) is 15.6 Å². The molecule has 2 aromatic rings. The van der Waals surface area contributed by atoms with E-state index in [4.69, 9.17) is 15.9 Å². The van der Waals surface area contributed by atoms with E-state index in [1.807, 2.05) is 18.2 Å². The second-order valence-corrected chi connectivity index (χ2v) is 6.22. The Labute approximate surface area is 144 Å². The van der Waals surface area contributed by atoms with Crippen molar-refractivity contribution in [2.45, 2.75) is 12.3 Å². The number of anilines is 2. The summed E-state index contributed by atoms with van der Waals surface area (Å²) >= 11 is 1.53. The Morgan fingerprint density at radius 3 is 3.04 bits per heavy atom. The third kappa shape index (κ3) is 3.01. The lowest BCUT2D eigenvalue weighted by Gasteiger charge is -2.22. The van der Waals surface area contributed by atoms with E-state index in [2.05, 4.69) is 21.5 Å². The van der Waals surface area contributed by atoms with E-state index < -0.39 is 0 Å². The van der Waals surface area contributed by atoms with Crippen LogP contribution in [-0.2, 0) is 4.79 Å². The van der Waals surface area contributed by atoms with Crippen molar-refractivity contribution >= 4 is 28.2 Å². The van der Waals surface area contributed by atoms with Gasteiger partial charge in [-0.2, -0.15) is 0 Å². The third-order valence-corrected chi connectivity index (χ3v) is 4.92. The maximum Gasteiger partial charge on any atom is 0.226 e. The van der Waals surface area contributed by atoms with Gasteiger partial charge in [-0.15, -0.1) is 6.42 Å². The van der Waals surface area contributed by atoms with Crippen LogP contribution in [0.1, 0.15) is 22.8 Å². The van der Waals surface area contributed by atoms with Gasteiger partial charge < -0.3 is 20.1 Å². The summed E-state index contributed by atoms with van der Waals surface area (Å²) in [6.07, 6.45) is 5.63. The van der Waals surface area contributed by atoms with Crippen molar-refractivity contribution in [2.24, 2.45) is 0 Å². The Hall–Kier alpha value is -2.72. The average molecular weight is 343 g/mol. The zero-order valence-electron chi connectivity index (χ0n) is 13.4. The van der Waals surface area contributed by atoms with Crippen LogP contribution < -0.4 is 20.1 Å². The minimum Gasteiger partial charge on any atom is -0.493 e. The molecule has 0 saturated heterocycles. The van der Waals surface area contributed by atoms with E-state index in [1.165, 1.54) is 11.3 Å². The predicted molar refractivity (Wildman–Crippen MR) is 94.1 cm³/mol. The van der Waals surface area contributed by atoms with Crippen molar-refractivity contribution in [1.29, 1.82) is 0 Å². The van der Waals surface area contributed by atoms with Crippen molar-refractivity contribution in [2.75, 3.05) is 31.4 Å². The van der Waals surface area contributed by atoms with Crippen LogP contribution in [0.25, 0.3) is 0 Å². The molecule has 7 heteroatoms. The number of thiazole rings is 1. The molecule has 0 saturated carbocycles. The fourth-order valence-electron chi connectivity index (χ4n) is 2.64. The molecule has 1 atom stereocenters. The summed E-state index contributed by atoms with van der Waals surface area (Å²) in [4.78, 5) is 17.5. The first-order valence-electron chi connectivity index (χ1n) is 7.38. The van der Waals surface area contributed by atoms with Crippen LogP contribution in [0.4, 0.5) is 10.9 Å². The highest BCUT2D eigenvalue weighted by molar-refractivity contribution is 7.16. The fourth-order valence-corrected chi connectivity index (χ4v) is 3.64. The number of nitrogens with zero attached hydrogens (tertiary/aromatic N) is 1. The van der Waals surface area contributed by atoms with Crippen LogP contribution in [0.3, 0.4) is 0 Å². The predicted octanol–water partition coefficient (Wildman–Crippen LogP) is 2.68. The van der Waals surface area contributed by atoms with Crippen LogP contribution in [-0.4, -0.2) is 31.7 Å². The molecule has 0 bridgehead atoms. The van der Waals surface area contributed by atoms with Gasteiger partial charge >= 0.3 is 0 Å². The Morgan fingerprint density at radius 2 is 2.33 bits per heavy atom. The number of hydrogen-bond donors (Lipinski definition) is 2. The molecule has 1 aliphatic heterocycles. The van der Waals surface area contributed by atoms with Gasteiger partial charge in [0.05, 0.1) is 12.0 Å². The fraction of sp³-hybridized carbons (Fsp3) is 0.294. The second kappa shape index (κ2) is 6.81. The Kier molecular flexibility index (Phi) is 4.58. The van der Waals surface area contributed by atoms with E-state index in [9.17, 15) is 4.79 Å². The highest BCUT2D eigenvalue weighted by Gasteiger charge is 2.30. The van der Waals surface area contributed by atoms with E-state index >= 15 is 0 Å². The summed E-state index contributed by atoms with van der Waals surface area (Å²) in [6, 6.07) is 5.64. The second-order valence-electron chi connectivity index (χ2n) is 5.19. The Balaban J connectivity index is 2.01. The molecule has 3 rings (SSSR count). The number of terminal acetylenes is 1. The van der Waals surface area contributed by atoms with E-state index in [0.29, 0.717) is 23.7 Å². The number of carbonyl (C=O) groups excluding carboxylic acids is 1. The first-order valence-corrected chi connectivity index (χ1v) is 8.20.